The Hall–Kier alpha value is -2.56. The Bertz CT molecular complexity index is 653. The fraction of sp³-hybridized carbons (Fsp3) is 0.188. The predicted octanol–water partition coefficient (Wildman–Crippen LogP) is 2.82. The average Bonchev–Trinajstić information content (AvgIpc) is 2.50. The maximum atomic E-state index is 12.8. The molecule has 0 saturated heterocycles. The highest BCUT2D eigenvalue weighted by Crippen LogP contribution is 2.10. The SMILES string of the molecule is CCOC(=O)c1ccnc(C(=O)Cc2ccc(F)cc2)c1. The van der Waals surface area contributed by atoms with Gasteiger partial charge >= 0.3 is 5.97 Å². The van der Waals surface area contributed by atoms with Crippen LogP contribution in [0.25, 0.3) is 0 Å². The van der Waals surface area contributed by atoms with Crippen LogP contribution in [0.2, 0.25) is 0 Å². The number of pyridine rings is 1. The van der Waals surface area contributed by atoms with Gasteiger partial charge in [0.1, 0.15) is 11.5 Å². The molecule has 1 aromatic heterocycles. The van der Waals surface area contributed by atoms with Crippen molar-refractivity contribution >= 4 is 11.8 Å². The molecule has 108 valence electrons. The molecule has 4 nitrogen and oxygen atoms in total. The first-order valence-electron chi connectivity index (χ1n) is 6.51. The highest BCUT2D eigenvalue weighted by molar-refractivity contribution is 5.98. The quantitative estimate of drug-likeness (QED) is 0.627. The second-order valence-corrected chi connectivity index (χ2v) is 4.38. The van der Waals surface area contributed by atoms with E-state index in [4.69, 9.17) is 4.74 Å². The van der Waals surface area contributed by atoms with Crippen LogP contribution in [0.4, 0.5) is 4.39 Å². The number of nitrogens with zero attached hydrogens (tertiary/aromatic N) is 1. The summed E-state index contributed by atoms with van der Waals surface area (Å²) in [6.45, 7) is 1.97. The highest BCUT2D eigenvalue weighted by Gasteiger charge is 2.13. The van der Waals surface area contributed by atoms with Crippen molar-refractivity contribution in [3.05, 3.63) is 65.2 Å². The second kappa shape index (κ2) is 6.74. The minimum atomic E-state index is -0.490. The van der Waals surface area contributed by atoms with Gasteiger partial charge in [-0.2, -0.15) is 0 Å². The monoisotopic (exact) mass is 287 g/mol. The van der Waals surface area contributed by atoms with Crippen molar-refractivity contribution in [2.45, 2.75) is 13.3 Å². The van der Waals surface area contributed by atoms with E-state index >= 15 is 0 Å². The Morgan fingerprint density at radius 1 is 1.19 bits per heavy atom. The van der Waals surface area contributed by atoms with E-state index in [1.807, 2.05) is 0 Å². The smallest absolute Gasteiger partial charge is 0.338 e. The van der Waals surface area contributed by atoms with Crippen molar-refractivity contribution in [2.75, 3.05) is 6.61 Å². The van der Waals surface area contributed by atoms with Crippen molar-refractivity contribution in [1.82, 2.24) is 4.98 Å². The molecule has 2 rings (SSSR count). The fourth-order valence-electron chi connectivity index (χ4n) is 1.80. The van der Waals surface area contributed by atoms with Crippen molar-refractivity contribution in [2.24, 2.45) is 0 Å². The Kier molecular flexibility index (Phi) is 4.77. The lowest BCUT2D eigenvalue weighted by atomic mass is 10.1. The summed E-state index contributed by atoms with van der Waals surface area (Å²) < 4.78 is 17.7. The summed E-state index contributed by atoms with van der Waals surface area (Å²) in [5, 5.41) is 0. The number of carbonyl (C=O) groups is 2. The molecule has 0 bridgehead atoms. The maximum absolute atomic E-state index is 12.8. The molecule has 0 aliphatic carbocycles. The maximum Gasteiger partial charge on any atom is 0.338 e. The molecule has 2 aromatic rings. The van der Waals surface area contributed by atoms with Gasteiger partial charge in [-0.15, -0.1) is 0 Å². The normalized spacial score (nSPS) is 10.2. The number of hydrogen-bond acceptors (Lipinski definition) is 4. The first-order valence-corrected chi connectivity index (χ1v) is 6.51. The van der Waals surface area contributed by atoms with E-state index in [0.717, 1.165) is 0 Å². The minimum Gasteiger partial charge on any atom is -0.462 e. The van der Waals surface area contributed by atoms with Gasteiger partial charge in [0.05, 0.1) is 12.2 Å². The molecule has 0 aliphatic rings. The molecule has 0 amide bonds. The van der Waals surface area contributed by atoms with E-state index in [-0.39, 0.29) is 35.9 Å². The van der Waals surface area contributed by atoms with E-state index in [1.165, 1.54) is 30.5 Å². The largest absolute Gasteiger partial charge is 0.462 e. The van der Waals surface area contributed by atoms with Gasteiger partial charge in [0.2, 0.25) is 0 Å². The Balaban J connectivity index is 2.14. The van der Waals surface area contributed by atoms with Crippen LogP contribution in [-0.4, -0.2) is 23.3 Å². The molecule has 0 atom stereocenters. The summed E-state index contributed by atoms with van der Waals surface area (Å²) in [5.41, 5.74) is 1.16. The lowest BCUT2D eigenvalue weighted by Gasteiger charge is -2.04. The predicted molar refractivity (Wildman–Crippen MR) is 74.6 cm³/mol. The van der Waals surface area contributed by atoms with Crippen LogP contribution in [0.1, 0.15) is 33.3 Å². The summed E-state index contributed by atoms with van der Waals surface area (Å²) >= 11 is 0. The number of rotatable bonds is 5. The lowest BCUT2D eigenvalue weighted by Crippen LogP contribution is -2.10. The number of halogens is 1. The molecule has 21 heavy (non-hydrogen) atoms. The zero-order chi connectivity index (χ0) is 15.2. The molecule has 0 saturated carbocycles. The number of ether oxygens (including phenoxy) is 1. The Labute approximate surface area is 121 Å². The molecule has 0 spiro atoms. The number of esters is 1. The summed E-state index contributed by atoms with van der Waals surface area (Å²) in [6, 6.07) is 8.58. The van der Waals surface area contributed by atoms with Crippen LogP contribution in [-0.2, 0) is 11.2 Å². The first kappa shape index (κ1) is 14.8. The van der Waals surface area contributed by atoms with E-state index in [2.05, 4.69) is 4.98 Å². The van der Waals surface area contributed by atoms with Crippen LogP contribution in [0.5, 0.6) is 0 Å². The van der Waals surface area contributed by atoms with Crippen LogP contribution >= 0.6 is 0 Å². The molecule has 5 heteroatoms. The van der Waals surface area contributed by atoms with E-state index in [1.54, 1.807) is 19.1 Å². The zero-order valence-electron chi connectivity index (χ0n) is 11.5. The van der Waals surface area contributed by atoms with Crippen molar-refractivity contribution in [3.63, 3.8) is 0 Å². The molecule has 0 N–H and O–H groups in total. The van der Waals surface area contributed by atoms with Gasteiger partial charge in [-0.1, -0.05) is 12.1 Å². The van der Waals surface area contributed by atoms with Crippen LogP contribution < -0.4 is 0 Å². The van der Waals surface area contributed by atoms with Gasteiger partial charge in [-0.05, 0) is 36.8 Å². The molecule has 1 aromatic carbocycles. The molecular weight excluding hydrogens is 273 g/mol. The number of ketones is 1. The van der Waals surface area contributed by atoms with Gasteiger partial charge in [-0.25, -0.2) is 9.18 Å². The number of aromatic nitrogens is 1. The van der Waals surface area contributed by atoms with Crippen molar-refractivity contribution < 1.29 is 18.7 Å². The molecule has 0 aliphatic heterocycles. The number of Topliss-reactive ketones (excluding diaryl/α,β-unsaturated/α-hetero) is 1. The molecule has 0 radical (unpaired) electrons. The van der Waals surface area contributed by atoms with Crippen LogP contribution in [0.15, 0.2) is 42.6 Å². The fourth-order valence-corrected chi connectivity index (χ4v) is 1.80. The summed E-state index contributed by atoms with van der Waals surface area (Å²) in [5.74, 6) is -1.09. The molecule has 1 heterocycles. The average molecular weight is 287 g/mol. The topological polar surface area (TPSA) is 56.3 Å². The zero-order valence-corrected chi connectivity index (χ0v) is 11.5. The number of benzene rings is 1. The lowest BCUT2D eigenvalue weighted by molar-refractivity contribution is 0.0526. The third kappa shape index (κ3) is 3.95. The third-order valence-electron chi connectivity index (χ3n) is 2.83. The summed E-state index contributed by atoms with van der Waals surface area (Å²) in [4.78, 5) is 27.7. The van der Waals surface area contributed by atoms with Crippen LogP contribution in [0, 0.1) is 5.82 Å². The van der Waals surface area contributed by atoms with Gasteiger partial charge < -0.3 is 4.74 Å². The highest BCUT2D eigenvalue weighted by atomic mass is 19.1. The van der Waals surface area contributed by atoms with Gasteiger partial charge in [0.25, 0.3) is 0 Å². The first-order chi connectivity index (χ1) is 10.1. The number of carbonyl (C=O) groups excluding carboxylic acids is 2. The van der Waals surface area contributed by atoms with Crippen LogP contribution in [0.3, 0.4) is 0 Å². The van der Waals surface area contributed by atoms with E-state index in [9.17, 15) is 14.0 Å². The molecule has 0 fully saturated rings. The minimum absolute atomic E-state index is 0.0968. The standard InChI is InChI=1S/C16H14FNO3/c1-2-21-16(20)12-7-8-18-14(10-12)15(19)9-11-3-5-13(17)6-4-11/h3-8,10H,2,9H2,1H3. The van der Waals surface area contributed by atoms with Gasteiger partial charge in [0.15, 0.2) is 5.78 Å². The second-order valence-electron chi connectivity index (χ2n) is 4.38. The van der Waals surface area contributed by atoms with Crippen molar-refractivity contribution in [3.8, 4) is 0 Å². The summed E-state index contributed by atoms with van der Waals surface area (Å²) in [7, 11) is 0. The van der Waals surface area contributed by atoms with E-state index < -0.39 is 5.97 Å². The Morgan fingerprint density at radius 3 is 2.57 bits per heavy atom. The third-order valence-corrected chi connectivity index (χ3v) is 2.83. The Morgan fingerprint density at radius 2 is 1.90 bits per heavy atom. The van der Waals surface area contributed by atoms with Crippen molar-refractivity contribution in [1.29, 1.82) is 0 Å². The van der Waals surface area contributed by atoms with Gasteiger partial charge in [0, 0.05) is 12.6 Å². The van der Waals surface area contributed by atoms with E-state index in [0.29, 0.717) is 5.56 Å². The summed E-state index contributed by atoms with van der Waals surface area (Å²) in [6.07, 6.45) is 1.49. The molecule has 0 unspecified atom stereocenters. The van der Waals surface area contributed by atoms with Gasteiger partial charge in [-0.3, -0.25) is 9.78 Å². The number of hydrogen-bond donors (Lipinski definition) is 0. The molecular formula is C16H14FNO3.